The first-order valence-corrected chi connectivity index (χ1v) is 2.58. The molecule has 0 heterocycles. The number of guanidine groups is 2. The van der Waals surface area contributed by atoms with E-state index in [2.05, 4.69) is 26.3 Å². The second-order valence-electron chi connectivity index (χ2n) is 0.952. The van der Waals surface area contributed by atoms with Crippen molar-refractivity contribution in [2.24, 2.45) is 11.5 Å². The molecule has 0 aliphatic heterocycles. The van der Waals surface area contributed by atoms with Crippen molar-refractivity contribution < 1.29 is 0 Å². The van der Waals surface area contributed by atoms with Gasteiger partial charge in [0, 0.05) is 0 Å². The Hall–Kier alpha value is -1.78. The molecule has 0 saturated heterocycles. The lowest BCUT2D eigenvalue weighted by atomic mass is 10.9. The average molecular weight is 157 g/mol. The second kappa shape index (κ2) is 15.7. The van der Waals surface area contributed by atoms with Gasteiger partial charge in [-0.25, -0.2) is 0 Å². The van der Waals surface area contributed by atoms with Gasteiger partial charge in [0.15, 0.2) is 11.9 Å². The Morgan fingerprint density at radius 2 is 1.09 bits per heavy atom. The molecule has 0 aromatic rings. The van der Waals surface area contributed by atoms with Crippen LogP contribution >= 0.6 is 0 Å². The van der Waals surface area contributed by atoms with Crippen molar-refractivity contribution in [2.75, 3.05) is 0 Å². The number of nitrogens with two attached hydrogens (primary N) is 2. The lowest BCUT2D eigenvalue weighted by molar-refractivity contribution is 1.19. The predicted octanol–water partition coefficient (Wildman–Crippen LogP) is -0.0327. The zero-order valence-corrected chi connectivity index (χ0v) is 6.48. The molecule has 0 amide bonds. The Bertz CT molecular complexity index is 106. The van der Waals surface area contributed by atoms with Gasteiger partial charge in [0.05, 0.1) is 0 Å². The van der Waals surface area contributed by atoms with Crippen LogP contribution in [0.15, 0.2) is 26.3 Å². The predicted molar refractivity (Wildman–Crippen MR) is 49.5 cm³/mol. The van der Waals surface area contributed by atoms with Crippen LogP contribution in [0.2, 0.25) is 0 Å². The van der Waals surface area contributed by atoms with E-state index in [1.54, 1.807) is 0 Å². The third kappa shape index (κ3) is 64.5. The second-order valence-corrected chi connectivity index (χ2v) is 0.952. The van der Waals surface area contributed by atoms with E-state index in [-0.39, 0.29) is 11.9 Å². The minimum atomic E-state index is -0.312. The van der Waals surface area contributed by atoms with Crippen LogP contribution in [0.1, 0.15) is 0 Å². The highest BCUT2D eigenvalue weighted by Crippen LogP contribution is 1.44. The lowest BCUT2D eigenvalue weighted by Crippen LogP contribution is -2.39. The number of rotatable bonds is 0. The molecule has 0 atom stereocenters. The maximum absolute atomic E-state index is 6.47. The number of hydrogen-bond donors (Lipinski definition) is 5. The van der Waals surface area contributed by atoms with Crippen LogP contribution in [0, 0.1) is 10.8 Å². The summed E-state index contributed by atoms with van der Waals surface area (Å²) in [6.07, 6.45) is 0. The van der Waals surface area contributed by atoms with Gasteiger partial charge in [0.2, 0.25) is 0 Å². The number of nitrogens with one attached hydrogen (secondary N) is 3. The van der Waals surface area contributed by atoms with Crippen LogP contribution in [0.3, 0.4) is 0 Å². The maximum Gasteiger partial charge on any atom is 0.192 e. The summed E-state index contributed by atoms with van der Waals surface area (Å²) in [5, 5.41) is 15.0. The normalized spacial score (nSPS) is 5.45. The first-order valence-electron chi connectivity index (χ1n) is 2.58. The Morgan fingerprint density at radius 3 is 1.09 bits per heavy atom. The van der Waals surface area contributed by atoms with E-state index in [9.17, 15) is 0 Å². The first-order chi connectivity index (χ1) is 5.13. The summed E-state index contributed by atoms with van der Waals surface area (Å²) < 4.78 is 0. The van der Waals surface area contributed by atoms with Gasteiger partial charge in [0.1, 0.15) is 0 Å². The van der Waals surface area contributed by atoms with Gasteiger partial charge in [-0.15, -0.1) is 26.3 Å². The minimum absolute atomic E-state index is 0.312. The zero-order valence-electron chi connectivity index (χ0n) is 6.48. The van der Waals surface area contributed by atoms with Crippen LogP contribution < -0.4 is 16.8 Å². The zero-order chi connectivity index (χ0) is 9.86. The maximum atomic E-state index is 6.47. The fraction of sp³-hybridized carbons (Fsp3) is 0. The molecule has 64 valence electrons. The van der Waals surface area contributed by atoms with Gasteiger partial charge >= 0.3 is 0 Å². The quantitative estimate of drug-likeness (QED) is 0.193. The summed E-state index contributed by atoms with van der Waals surface area (Å²) >= 11 is 0. The molecule has 0 aromatic heterocycles. The van der Waals surface area contributed by atoms with Crippen molar-refractivity contribution >= 4 is 11.9 Å². The molecular weight excluding hydrogens is 142 g/mol. The standard InChI is InChI=1S/C2H7N5.2C2H4/c3-1(4)7-2(5)6;2*1-2/h(H7,3,4,5,6,7);2*1-2H2. The fourth-order valence-corrected chi connectivity index (χ4v) is 0.145. The topological polar surface area (TPSA) is 112 Å². The van der Waals surface area contributed by atoms with Gasteiger partial charge in [-0.3, -0.25) is 16.1 Å². The molecule has 5 heteroatoms. The van der Waals surface area contributed by atoms with Crippen molar-refractivity contribution in [3.63, 3.8) is 0 Å². The Labute approximate surface area is 66.8 Å². The molecule has 0 spiro atoms. The van der Waals surface area contributed by atoms with Crippen LogP contribution in [-0.2, 0) is 0 Å². The largest absolute Gasteiger partial charge is 0.370 e. The van der Waals surface area contributed by atoms with E-state index in [0.29, 0.717) is 0 Å². The molecule has 0 rings (SSSR count). The van der Waals surface area contributed by atoms with Crippen LogP contribution in [0.25, 0.3) is 0 Å². The molecule has 5 nitrogen and oxygen atoms in total. The van der Waals surface area contributed by atoms with Crippen molar-refractivity contribution in [3.8, 4) is 0 Å². The lowest BCUT2D eigenvalue weighted by Gasteiger charge is -1.95. The molecule has 0 bridgehead atoms. The highest BCUT2D eigenvalue weighted by atomic mass is 15.1. The van der Waals surface area contributed by atoms with Crippen LogP contribution in [0.4, 0.5) is 0 Å². The highest BCUT2D eigenvalue weighted by Gasteiger charge is 1.83. The van der Waals surface area contributed by atoms with Gasteiger partial charge in [-0.05, 0) is 0 Å². The molecule has 0 radical (unpaired) electrons. The van der Waals surface area contributed by atoms with Crippen LogP contribution in [-0.4, -0.2) is 11.9 Å². The average Bonchev–Trinajstić information content (AvgIpc) is 1.93. The van der Waals surface area contributed by atoms with Crippen molar-refractivity contribution in [3.05, 3.63) is 26.3 Å². The SMILES string of the molecule is C=C.C=C.N=C(N)NC(=N)N. The molecule has 0 aromatic carbocycles. The summed E-state index contributed by atoms with van der Waals surface area (Å²) in [7, 11) is 0. The van der Waals surface area contributed by atoms with E-state index in [4.69, 9.17) is 22.3 Å². The Morgan fingerprint density at radius 1 is 0.909 bits per heavy atom. The summed E-state index contributed by atoms with van der Waals surface area (Å²) in [5.41, 5.74) is 9.49. The molecule has 0 aliphatic carbocycles. The van der Waals surface area contributed by atoms with E-state index >= 15 is 0 Å². The Balaban J connectivity index is -0.000000138. The Kier molecular flexibility index (Phi) is 23.0. The van der Waals surface area contributed by atoms with E-state index in [0.717, 1.165) is 0 Å². The summed E-state index contributed by atoms with van der Waals surface area (Å²) in [5.74, 6) is -0.625. The van der Waals surface area contributed by atoms with Crippen molar-refractivity contribution in [1.82, 2.24) is 5.32 Å². The molecule has 0 unspecified atom stereocenters. The summed E-state index contributed by atoms with van der Waals surface area (Å²) in [6.45, 7) is 12.0. The van der Waals surface area contributed by atoms with E-state index < -0.39 is 0 Å². The summed E-state index contributed by atoms with van der Waals surface area (Å²) in [4.78, 5) is 0. The fourth-order valence-electron chi connectivity index (χ4n) is 0.145. The third-order valence-corrected chi connectivity index (χ3v) is 0.269. The summed E-state index contributed by atoms with van der Waals surface area (Å²) in [6, 6.07) is 0. The van der Waals surface area contributed by atoms with E-state index in [1.165, 1.54) is 0 Å². The van der Waals surface area contributed by atoms with Gasteiger partial charge in [-0.2, -0.15) is 0 Å². The van der Waals surface area contributed by atoms with Crippen molar-refractivity contribution in [2.45, 2.75) is 0 Å². The van der Waals surface area contributed by atoms with Crippen LogP contribution in [0.5, 0.6) is 0 Å². The van der Waals surface area contributed by atoms with Gasteiger partial charge in [0.25, 0.3) is 0 Å². The molecule has 0 fully saturated rings. The van der Waals surface area contributed by atoms with Gasteiger partial charge < -0.3 is 11.5 Å². The van der Waals surface area contributed by atoms with Crippen molar-refractivity contribution in [1.29, 1.82) is 10.8 Å². The number of hydrogen-bond acceptors (Lipinski definition) is 2. The smallest absolute Gasteiger partial charge is 0.192 e. The third-order valence-electron chi connectivity index (χ3n) is 0.269. The molecule has 7 N–H and O–H groups in total. The molecule has 11 heavy (non-hydrogen) atoms. The molecule has 0 aliphatic rings. The highest BCUT2D eigenvalue weighted by molar-refractivity contribution is 5.93. The first kappa shape index (κ1) is 16.1. The molecular formula is C6H15N5. The van der Waals surface area contributed by atoms with E-state index in [1.807, 2.05) is 5.32 Å². The van der Waals surface area contributed by atoms with Gasteiger partial charge in [-0.1, -0.05) is 0 Å². The monoisotopic (exact) mass is 157 g/mol. The minimum Gasteiger partial charge on any atom is -0.370 e. The molecule has 0 saturated carbocycles.